The summed E-state index contributed by atoms with van der Waals surface area (Å²) in [5.74, 6) is 0.597. The summed E-state index contributed by atoms with van der Waals surface area (Å²) in [6, 6.07) is 9.51. The van der Waals surface area contributed by atoms with E-state index in [2.05, 4.69) is 5.10 Å². The van der Waals surface area contributed by atoms with Crippen LogP contribution in [0.25, 0.3) is 0 Å². The van der Waals surface area contributed by atoms with Gasteiger partial charge in [-0.05, 0) is 12.0 Å². The van der Waals surface area contributed by atoms with Gasteiger partial charge in [-0.15, -0.1) is 0 Å². The maximum absolute atomic E-state index is 12.4. The third kappa shape index (κ3) is 2.07. The van der Waals surface area contributed by atoms with Crippen molar-refractivity contribution in [1.29, 1.82) is 0 Å². The highest BCUT2D eigenvalue weighted by atomic mass is 19.3. The maximum atomic E-state index is 12.4. The maximum Gasteiger partial charge on any atom is 0.346 e. The third-order valence-corrected chi connectivity index (χ3v) is 3.39. The topological polar surface area (TPSA) is 39.8 Å². The summed E-state index contributed by atoms with van der Waals surface area (Å²) < 4.78 is 27.2. The molecule has 2 aromatic rings. The molecule has 0 unspecified atom stereocenters. The van der Waals surface area contributed by atoms with Gasteiger partial charge in [-0.25, -0.2) is 18.3 Å². The Morgan fingerprint density at radius 2 is 2.05 bits per heavy atom. The monoisotopic (exact) mass is 265 g/mol. The van der Waals surface area contributed by atoms with Crippen molar-refractivity contribution < 1.29 is 8.78 Å². The fraction of sp³-hybridized carbons (Fsp3) is 0.385. The van der Waals surface area contributed by atoms with Crippen LogP contribution in [0, 0.1) is 0 Å². The molecule has 0 saturated carbocycles. The predicted molar refractivity (Wildman–Crippen MR) is 65.4 cm³/mol. The quantitative estimate of drug-likeness (QED) is 0.849. The molecule has 6 heteroatoms. The van der Waals surface area contributed by atoms with E-state index in [1.54, 1.807) is 0 Å². The molecule has 0 bridgehead atoms. The lowest BCUT2D eigenvalue weighted by Crippen LogP contribution is -2.29. The summed E-state index contributed by atoms with van der Waals surface area (Å²) in [7, 11) is 0. The van der Waals surface area contributed by atoms with Crippen LogP contribution in [0.5, 0.6) is 0 Å². The zero-order valence-electron chi connectivity index (χ0n) is 10.2. The minimum atomic E-state index is -2.57. The van der Waals surface area contributed by atoms with E-state index >= 15 is 0 Å². The Hall–Kier alpha value is -1.98. The van der Waals surface area contributed by atoms with Gasteiger partial charge in [0.1, 0.15) is 12.4 Å². The Kier molecular flexibility index (Phi) is 2.93. The van der Waals surface area contributed by atoms with Crippen LogP contribution in [0.15, 0.2) is 35.1 Å². The lowest BCUT2D eigenvalue weighted by molar-refractivity contribution is 0.119. The van der Waals surface area contributed by atoms with E-state index in [4.69, 9.17) is 0 Å². The van der Waals surface area contributed by atoms with Crippen LogP contribution in [0.1, 0.15) is 23.9 Å². The molecule has 1 aromatic carbocycles. The summed E-state index contributed by atoms with van der Waals surface area (Å²) in [6.07, 6.45) is -1.13. The average Bonchev–Trinajstić information content (AvgIpc) is 2.92. The van der Waals surface area contributed by atoms with Crippen molar-refractivity contribution in [3.63, 3.8) is 0 Å². The van der Waals surface area contributed by atoms with Crippen molar-refractivity contribution in [2.45, 2.75) is 31.9 Å². The van der Waals surface area contributed by atoms with E-state index in [1.165, 1.54) is 4.57 Å². The lowest BCUT2D eigenvalue weighted by Gasteiger charge is -2.11. The molecule has 0 amide bonds. The molecule has 0 radical (unpaired) electrons. The summed E-state index contributed by atoms with van der Waals surface area (Å²) >= 11 is 0. The van der Waals surface area contributed by atoms with Gasteiger partial charge in [0, 0.05) is 6.42 Å². The Morgan fingerprint density at radius 1 is 1.32 bits per heavy atom. The van der Waals surface area contributed by atoms with Crippen LogP contribution in [0.4, 0.5) is 8.78 Å². The number of rotatable bonds is 3. The van der Waals surface area contributed by atoms with Gasteiger partial charge < -0.3 is 0 Å². The van der Waals surface area contributed by atoms with Crippen molar-refractivity contribution >= 4 is 0 Å². The van der Waals surface area contributed by atoms with Gasteiger partial charge in [0.25, 0.3) is 6.43 Å². The molecule has 0 saturated heterocycles. The number of hydrogen-bond acceptors (Lipinski definition) is 2. The zero-order valence-corrected chi connectivity index (χ0v) is 10.2. The molecule has 2 heterocycles. The molecule has 1 aliphatic rings. The number of hydrogen-bond donors (Lipinski definition) is 0. The first-order valence-corrected chi connectivity index (χ1v) is 6.18. The van der Waals surface area contributed by atoms with Crippen molar-refractivity contribution in [1.82, 2.24) is 14.3 Å². The first kappa shape index (κ1) is 12.1. The Labute approximate surface area is 108 Å². The van der Waals surface area contributed by atoms with Gasteiger partial charge in [0.2, 0.25) is 0 Å². The van der Waals surface area contributed by atoms with Crippen LogP contribution >= 0.6 is 0 Å². The predicted octanol–water partition coefficient (Wildman–Crippen LogP) is 1.85. The third-order valence-electron chi connectivity index (χ3n) is 3.39. The van der Waals surface area contributed by atoms with Crippen molar-refractivity contribution in [2.75, 3.05) is 0 Å². The van der Waals surface area contributed by atoms with E-state index in [1.807, 2.05) is 30.3 Å². The van der Waals surface area contributed by atoms with E-state index in [9.17, 15) is 13.6 Å². The normalized spacial score (nSPS) is 17.9. The number of benzene rings is 1. The molecule has 0 aliphatic carbocycles. The largest absolute Gasteiger partial charge is 0.346 e. The van der Waals surface area contributed by atoms with E-state index in [-0.39, 0.29) is 6.04 Å². The fourth-order valence-corrected chi connectivity index (χ4v) is 2.58. The highest BCUT2D eigenvalue weighted by Gasteiger charge is 2.29. The first-order chi connectivity index (χ1) is 9.16. The molecule has 4 nitrogen and oxygen atoms in total. The Balaban J connectivity index is 2.01. The molecule has 1 aromatic heterocycles. The highest BCUT2D eigenvalue weighted by Crippen LogP contribution is 2.28. The first-order valence-electron chi connectivity index (χ1n) is 6.18. The minimum absolute atomic E-state index is 0.0878. The molecule has 3 rings (SSSR count). The van der Waals surface area contributed by atoms with Gasteiger partial charge in [-0.3, -0.25) is 4.57 Å². The number of fused-ring (bicyclic) bond motifs is 1. The van der Waals surface area contributed by atoms with Crippen LogP contribution < -0.4 is 5.69 Å². The van der Waals surface area contributed by atoms with E-state index in [0.29, 0.717) is 12.2 Å². The molecular formula is C13H13F2N3O. The summed E-state index contributed by atoms with van der Waals surface area (Å²) in [5.41, 5.74) is 0.571. The molecule has 100 valence electrons. The molecule has 0 spiro atoms. The number of alkyl halides is 2. The van der Waals surface area contributed by atoms with Gasteiger partial charge in [-0.1, -0.05) is 30.3 Å². The van der Waals surface area contributed by atoms with Gasteiger partial charge >= 0.3 is 5.69 Å². The average molecular weight is 265 g/mol. The van der Waals surface area contributed by atoms with Crippen molar-refractivity contribution in [3.05, 3.63) is 52.2 Å². The van der Waals surface area contributed by atoms with Crippen LogP contribution in [0.3, 0.4) is 0 Å². The van der Waals surface area contributed by atoms with Crippen molar-refractivity contribution in [3.8, 4) is 0 Å². The van der Waals surface area contributed by atoms with Crippen molar-refractivity contribution in [2.24, 2.45) is 0 Å². The summed E-state index contributed by atoms with van der Waals surface area (Å²) in [4.78, 5) is 12.1. The molecule has 1 atom stereocenters. The second kappa shape index (κ2) is 4.60. The number of halogens is 2. The van der Waals surface area contributed by atoms with E-state index < -0.39 is 18.7 Å². The lowest BCUT2D eigenvalue weighted by atomic mass is 10.1. The zero-order chi connectivity index (χ0) is 13.4. The van der Waals surface area contributed by atoms with Crippen LogP contribution in [-0.2, 0) is 13.0 Å². The number of aromatic nitrogens is 3. The van der Waals surface area contributed by atoms with Gasteiger partial charge in [0.15, 0.2) is 0 Å². The molecule has 0 N–H and O–H groups in total. The van der Waals surface area contributed by atoms with Gasteiger partial charge in [-0.2, -0.15) is 5.10 Å². The summed E-state index contributed by atoms with van der Waals surface area (Å²) in [5, 5.41) is 3.99. The molecule has 1 aliphatic heterocycles. The summed E-state index contributed by atoms with van der Waals surface area (Å²) in [6.45, 7) is -0.639. The Morgan fingerprint density at radius 3 is 2.74 bits per heavy atom. The molecular weight excluding hydrogens is 252 g/mol. The second-order valence-corrected chi connectivity index (χ2v) is 4.61. The minimum Gasteiger partial charge on any atom is -0.271 e. The van der Waals surface area contributed by atoms with Crippen LogP contribution in [-0.4, -0.2) is 20.8 Å². The Bertz CT molecular complexity index is 633. The van der Waals surface area contributed by atoms with Gasteiger partial charge in [0.05, 0.1) is 6.04 Å². The standard InChI is InChI=1S/C13H13F2N3O/c14-11(15)8-17-13(19)18-10(6-7-12(18)16-17)9-4-2-1-3-5-9/h1-5,10-11H,6-8H2/t10-/m0/s1. The number of aryl methyl sites for hydroxylation is 1. The smallest absolute Gasteiger partial charge is 0.271 e. The second-order valence-electron chi connectivity index (χ2n) is 4.61. The fourth-order valence-electron chi connectivity index (χ4n) is 2.58. The van der Waals surface area contributed by atoms with E-state index in [0.717, 1.165) is 16.7 Å². The van der Waals surface area contributed by atoms with Crippen LogP contribution in [0.2, 0.25) is 0 Å². The highest BCUT2D eigenvalue weighted by molar-refractivity contribution is 5.22. The molecule has 0 fully saturated rings. The molecule has 19 heavy (non-hydrogen) atoms. The SMILES string of the molecule is O=c1n(CC(F)F)nc2n1[C@H](c1ccccc1)CC2. The number of nitrogens with zero attached hydrogens (tertiary/aromatic N) is 3.